The molecule has 114 valence electrons. The molecule has 1 amide bonds. The van der Waals surface area contributed by atoms with Crippen LogP contribution in [0.3, 0.4) is 0 Å². The van der Waals surface area contributed by atoms with Crippen molar-refractivity contribution in [3.63, 3.8) is 0 Å². The van der Waals surface area contributed by atoms with Crippen LogP contribution in [0.4, 0.5) is 0 Å². The van der Waals surface area contributed by atoms with E-state index in [1.54, 1.807) is 7.05 Å². The van der Waals surface area contributed by atoms with Gasteiger partial charge in [0.15, 0.2) is 5.96 Å². The standard InChI is InChI=1S/C18H21N3O/c1-18(12-16(22)21(2)17(19)20-18)15-10-6-9-14(11-15)13-7-4-3-5-8-13/h3-9,11,15H,10,12H2,1-2H3,(H2,19,20)/t15-,18+/m1/s1. The third-order valence-corrected chi connectivity index (χ3v) is 4.57. The topological polar surface area (TPSA) is 58.7 Å². The third kappa shape index (κ3) is 2.56. The lowest BCUT2D eigenvalue weighted by Gasteiger charge is -2.38. The van der Waals surface area contributed by atoms with E-state index in [2.05, 4.69) is 35.4 Å². The Morgan fingerprint density at radius 1 is 1.32 bits per heavy atom. The lowest BCUT2D eigenvalue weighted by atomic mass is 9.76. The summed E-state index contributed by atoms with van der Waals surface area (Å²) in [5.41, 5.74) is 7.80. The predicted molar refractivity (Wildman–Crippen MR) is 89.1 cm³/mol. The lowest BCUT2D eigenvalue weighted by molar-refractivity contribution is -0.128. The normalized spacial score (nSPS) is 28.4. The molecule has 2 aliphatic rings. The Bertz CT molecular complexity index is 675. The predicted octanol–water partition coefficient (Wildman–Crippen LogP) is 2.58. The highest BCUT2D eigenvalue weighted by molar-refractivity contribution is 5.98. The number of carbonyl (C=O) groups is 1. The van der Waals surface area contributed by atoms with Gasteiger partial charge in [-0.2, -0.15) is 0 Å². The van der Waals surface area contributed by atoms with Crippen molar-refractivity contribution in [2.24, 2.45) is 16.6 Å². The Morgan fingerprint density at radius 3 is 2.73 bits per heavy atom. The summed E-state index contributed by atoms with van der Waals surface area (Å²) in [5, 5.41) is 0. The molecule has 1 aromatic rings. The fourth-order valence-electron chi connectivity index (χ4n) is 3.08. The van der Waals surface area contributed by atoms with Gasteiger partial charge in [0.2, 0.25) is 5.91 Å². The lowest BCUT2D eigenvalue weighted by Crippen LogP contribution is -2.51. The van der Waals surface area contributed by atoms with E-state index in [4.69, 9.17) is 5.73 Å². The summed E-state index contributed by atoms with van der Waals surface area (Å²) >= 11 is 0. The number of allylic oxidation sites excluding steroid dienone is 3. The Hall–Kier alpha value is -2.36. The number of rotatable bonds is 2. The summed E-state index contributed by atoms with van der Waals surface area (Å²) in [6.07, 6.45) is 7.79. The van der Waals surface area contributed by atoms with Gasteiger partial charge in [0.05, 0.1) is 12.0 Å². The smallest absolute Gasteiger partial charge is 0.231 e. The Morgan fingerprint density at radius 2 is 2.05 bits per heavy atom. The third-order valence-electron chi connectivity index (χ3n) is 4.57. The van der Waals surface area contributed by atoms with E-state index in [1.807, 2.05) is 25.1 Å². The van der Waals surface area contributed by atoms with Gasteiger partial charge in [-0.3, -0.25) is 9.69 Å². The van der Waals surface area contributed by atoms with Crippen LogP contribution in [0.5, 0.6) is 0 Å². The molecule has 0 bridgehead atoms. The van der Waals surface area contributed by atoms with E-state index in [0.717, 1.165) is 6.42 Å². The van der Waals surface area contributed by atoms with Crippen LogP contribution in [0, 0.1) is 5.92 Å². The minimum Gasteiger partial charge on any atom is -0.369 e. The number of nitrogens with zero attached hydrogens (tertiary/aromatic N) is 2. The molecule has 22 heavy (non-hydrogen) atoms. The number of guanidine groups is 1. The van der Waals surface area contributed by atoms with Crippen LogP contribution in [-0.2, 0) is 4.79 Å². The first kappa shape index (κ1) is 14.6. The van der Waals surface area contributed by atoms with Gasteiger partial charge < -0.3 is 5.73 Å². The zero-order valence-corrected chi connectivity index (χ0v) is 13.0. The van der Waals surface area contributed by atoms with Crippen LogP contribution in [0.25, 0.3) is 5.57 Å². The van der Waals surface area contributed by atoms with E-state index >= 15 is 0 Å². The highest BCUT2D eigenvalue weighted by atomic mass is 16.2. The molecule has 1 heterocycles. The van der Waals surface area contributed by atoms with Crippen molar-refractivity contribution >= 4 is 17.4 Å². The Labute approximate surface area is 131 Å². The summed E-state index contributed by atoms with van der Waals surface area (Å²) in [6, 6.07) is 10.3. The monoisotopic (exact) mass is 295 g/mol. The molecule has 0 aromatic heterocycles. The summed E-state index contributed by atoms with van der Waals surface area (Å²) < 4.78 is 0. The molecule has 4 nitrogen and oxygen atoms in total. The molecule has 0 unspecified atom stereocenters. The van der Waals surface area contributed by atoms with Gasteiger partial charge in [0.1, 0.15) is 0 Å². The highest BCUT2D eigenvalue weighted by Crippen LogP contribution is 2.37. The Balaban J connectivity index is 1.94. The van der Waals surface area contributed by atoms with Gasteiger partial charge in [-0.15, -0.1) is 0 Å². The van der Waals surface area contributed by atoms with Crippen molar-refractivity contribution in [3.8, 4) is 0 Å². The minimum atomic E-state index is -0.474. The molecule has 3 rings (SSSR count). The van der Waals surface area contributed by atoms with Gasteiger partial charge in [-0.05, 0) is 24.5 Å². The number of hydrogen-bond acceptors (Lipinski definition) is 3. The first-order chi connectivity index (χ1) is 10.5. The molecule has 0 fully saturated rings. The zero-order valence-electron chi connectivity index (χ0n) is 13.0. The van der Waals surface area contributed by atoms with Crippen molar-refractivity contribution in [2.75, 3.05) is 7.05 Å². The largest absolute Gasteiger partial charge is 0.369 e. The average molecular weight is 295 g/mol. The fourth-order valence-corrected chi connectivity index (χ4v) is 3.08. The van der Waals surface area contributed by atoms with E-state index in [0.29, 0.717) is 12.4 Å². The zero-order chi connectivity index (χ0) is 15.7. The minimum absolute atomic E-state index is 0.0271. The quantitative estimate of drug-likeness (QED) is 0.911. The van der Waals surface area contributed by atoms with Crippen LogP contribution < -0.4 is 5.73 Å². The van der Waals surface area contributed by atoms with Crippen LogP contribution in [0.1, 0.15) is 25.3 Å². The number of aliphatic imine (C=N–C) groups is 1. The number of carbonyl (C=O) groups excluding carboxylic acids is 1. The first-order valence-corrected chi connectivity index (χ1v) is 7.55. The molecule has 0 saturated heterocycles. The van der Waals surface area contributed by atoms with Crippen LogP contribution >= 0.6 is 0 Å². The van der Waals surface area contributed by atoms with Gasteiger partial charge in [-0.25, -0.2) is 4.99 Å². The van der Waals surface area contributed by atoms with E-state index < -0.39 is 5.54 Å². The molecule has 1 aliphatic carbocycles. The molecule has 0 saturated carbocycles. The highest BCUT2D eigenvalue weighted by Gasteiger charge is 2.40. The SMILES string of the molecule is CN1C(=O)C[C@@](C)([C@H]2C=C(c3ccccc3)C=CC2)N=C1N. The van der Waals surface area contributed by atoms with Crippen molar-refractivity contribution in [2.45, 2.75) is 25.3 Å². The van der Waals surface area contributed by atoms with Gasteiger partial charge in [-0.1, -0.05) is 48.6 Å². The maximum Gasteiger partial charge on any atom is 0.231 e. The summed E-state index contributed by atoms with van der Waals surface area (Å²) in [4.78, 5) is 18.2. The summed E-state index contributed by atoms with van der Waals surface area (Å²) in [7, 11) is 1.67. The van der Waals surface area contributed by atoms with Crippen molar-refractivity contribution in [3.05, 3.63) is 54.1 Å². The molecule has 4 heteroatoms. The average Bonchev–Trinajstić information content (AvgIpc) is 2.53. The number of hydrogen-bond donors (Lipinski definition) is 1. The molecule has 0 radical (unpaired) electrons. The molecule has 2 atom stereocenters. The van der Waals surface area contributed by atoms with Crippen LogP contribution in [0.2, 0.25) is 0 Å². The molecule has 0 spiro atoms. The van der Waals surface area contributed by atoms with E-state index in [-0.39, 0.29) is 11.8 Å². The number of amides is 1. The molecule has 2 N–H and O–H groups in total. The fraction of sp³-hybridized carbons (Fsp3) is 0.333. The second-order valence-corrected chi connectivity index (χ2v) is 6.19. The molecular formula is C18H21N3O. The Kier molecular flexibility index (Phi) is 3.61. The number of benzene rings is 1. The van der Waals surface area contributed by atoms with Crippen LogP contribution in [0.15, 0.2) is 53.6 Å². The molecular weight excluding hydrogens is 274 g/mol. The second kappa shape index (κ2) is 5.44. The van der Waals surface area contributed by atoms with Crippen LogP contribution in [-0.4, -0.2) is 29.4 Å². The molecule has 1 aromatic carbocycles. The van der Waals surface area contributed by atoms with Gasteiger partial charge in [0.25, 0.3) is 0 Å². The van der Waals surface area contributed by atoms with Gasteiger partial charge in [0, 0.05) is 13.0 Å². The van der Waals surface area contributed by atoms with Crippen molar-refractivity contribution in [1.82, 2.24) is 4.90 Å². The maximum atomic E-state index is 12.1. The maximum absolute atomic E-state index is 12.1. The summed E-state index contributed by atoms with van der Waals surface area (Å²) in [6.45, 7) is 2.02. The molecule has 1 aliphatic heterocycles. The first-order valence-electron chi connectivity index (χ1n) is 7.55. The van der Waals surface area contributed by atoms with Gasteiger partial charge >= 0.3 is 0 Å². The van der Waals surface area contributed by atoms with E-state index in [9.17, 15) is 4.79 Å². The second-order valence-electron chi connectivity index (χ2n) is 6.19. The summed E-state index contributed by atoms with van der Waals surface area (Å²) in [5.74, 6) is 0.506. The van der Waals surface area contributed by atoms with E-state index in [1.165, 1.54) is 16.0 Å². The van der Waals surface area contributed by atoms with Crippen molar-refractivity contribution in [1.29, 1.82) is 0 Å². The van der Waals surface area contributed by atoms with Crippen molar-refractivity contribution < 1.29 is 4.79 Å². The number of nitrogens with two attached hydrogens (primary N) is 1.